The summed E-state index contributed by atoms with van der Waals surface area (Å²) >= 11 is 5.77. The van der Waals surface area contributed by atoms with Gasteiger partial charge in [0.25, 0.3) is 0 Å². The van der Waals surface area contributed by atoms with Crippen molar-refractivity contribution in [1.82, 2.24) is 5.32 Å². The van der Waals surface area contributed by atoms with Crippen molar-refractivity contribution in [1.29, 1.82) is 0 Å². The van der Waals surface area contributed by atoms with Crippen LogP contribution in [0.3, 0.4) is 0 Å². The molecular formula is C10H12ClNO2. The molecular weight excluding hydrogens is 202 g/mol. The zero-order valence-electron chi connectivity index (χ0n) is 7.70. The number of carbonyl (C=O) groups excluding carboxylic acids is 1. The summed E-state index contributed by atoms with van der Waals surface area (Å²) in [5.74, 6) is 0.753. The third kappa shape index (κ3) is 4.14. The Balaban J connectivity index is 2.21. The van der Waals surface area contributed by atoms with E-state index in [0.29, 0.717) is 24.6 Å². The molecule has 1 rings (SSSR count). The fourth-order valence-corrected chi connectivity index (χ4v) is 1.16. The van der Waals surface area contributed by atoms with Crippen LogP contribution in [0.15, 0.2) is 24.3 Å². The van der Waals surface area contributed by atoms with Gasteiger partial charge in [0.15, 0.2) is 0 Å². The van der Waals surface area contributed by atoms with Crippen molar-refractivity contribution in [2.24, 2.45) is 0 Å². The van der Waals surface area contributed by atoms with Gasteiger partial charge < -0.3 is 10.1 Å². The van der Waals surface area contributed by atoms with Crippen LogP contribution in [0.25, 0.3) is 0 Å². The number of rotatable bonds is 6. The van der Waals surface area contributed by atoms with Gasteiger partial charge in [0.05, 0.1) is 6.61 Å². The van der Waals surface area contributed by atoms with E-state index in [1.807, 2.05) is 12.1 Å². The zero-order chi connectivity index (χ0) is 10.2. The largest absolute Gasteiger partial charge is 0.493 e. The van der Waals surface area contributed by atoms with E-state index in [1.165, 1.54) is 0 Å². The van der Waals surface area contributed by atoms with Crippen molar-refractivity contribution in [3.05, 3.63) is 29.3 Å². The van der Waals surface area contributed by atoms with Crippen molar-refractivity contribution in [3.8, 4) is 5.75 Å². The maximum absolute atomic E-state index is 9.91. The molecule has 0 aromatic heterocycles. The highest BCUT2D eigenvalue weighted by Gasteiger charge is 1.94. The molecule has 76 valence electrons. The second-order valence-corrected chi connectivity index (χ2v) is 3.17. The Kier molecular flexibility index (Phi) is 4.86. The number of nitrogens with one attached hydrogen (secondary N) is 1. The van der Waals surface area contributed by atoms with Crippen LogP contribution in [0, 0.1) is 0 Å². The summed E-state index contributed by atoms with van der Waals surface area (Å²) in [6, 6.07) is 7.23. The summed E-state index contributed by atoms with van der Waals surface area (Å²) in [7, 11) is 0. The van der Waals surface area contributed by atoms with Crippen molar-refractivity contribution in [2.45, 2.75) is 6.42 Å². The highest BCUT2D eigenvalue weighted by molar-refractivity contribution is 6.30. The zero-order valence-corrected chi connectivity index (χ0v) is 8.46. The van der Waals surface area contributed by atoms with E-state index in [-0.39, 0.29) is 0 Å². The van der Waals surface area contributed by atoms with Crippen molar-refractivity contribution >= 4 is 18.0 Å². The lowest BCUT2D eigenvalue weighted by molar-refractivity contribution is -0.109. The van der Waals surface area contributed by atoms with Gasteiger partial charge in [-0.3, -0.25) is 4.79 Å². The first kappa shape index (κ1) is 10.9. The lowest BCUT2D eigenvalue weighted by Gasteiger charge is -2.05. The van der Waals surface area contributed by atoms with Gasteiger partial charge in [0.2, 0.25) is 6.41 Å². The molecule has 0 atom stereocenters. The molecule has 0 fully saturated rings. The Morgan fingerprint density at radius 1 is 1.50 bits per heavy atom. The summed E-state index contributed by atoms with van der Waals surface area (Å²) in [5, 5.41) is 3.22. The number of ether oxygens (including phenoxy) is 1. The second-order valence-electron chi connectivity index (χ2n) is 2.73. The van der Waals surface area contributed by atoms with Crippen molar-refractivity contribution in [2.75, 3.05) is 13.2 Å². The van der Waals surface area contributed by atoms with Gasteiger partial charge in [0.1, 0.15) is 5.75 Å². The Morgan fingerprint density at radius 3 is 3.07 bits per heavy atom. The van der Waals surface area contributed by atoms with Crippen molar-refractivity contribution in [3.63, 3.8) is 0 Å². The maximum atomic E-state index is 9.91. The van der Waals surface area contributed by atoms with Crippen LogP contribution in [0.5, 0.6) is 5.75 Å². The second kappa shape index (κ2) is 6.27. The van der Waals surface area contributed by atoms with Crippen LogP contribution >= 0.6 is 11.6 Å². The molecule has 0 unspecified atom stereocenters. The quantitative estimate of drug-likeness (QED) is 0.579. The first-order chi connectivity index (χ1) is 6.83. The molecule has 1 N–H and O–H groups in total. The highest BCUT2D eigenvalue weighted by Crippen LogP contribution is 2.16. The molecule has 14 heavy (non-hydrogen) atoms. The first-order valence-corrected chi connectivity index (χ1v) is 4.76. The Hall–Kier alpha value is -1.22. The number of benzene rings is 1. The third-order valence-corrected chi connectivity index (χ3v) is 1.85. The van der Waals surface area contributed by atoms with Gasteiger partial charge in [0, 0.05) is 11.6 Å². The minimum atomic E-state index is 0.571. The molecule has 0 spiro atoms. The monoisotopic (exact) mass is 213 g/mol. The van der Waals surface area contributed by atoms with E-state index in [9.17, 15) is 4.79 Å². The minimum Gasteiger partial charge on any atom is -0.493 e. The number of hydrogen-bond acceptors (Lipinski definition) is 2. The van der Waals surface area contributed by atoms with E-state index < -0.39 is 0 Å². The Bertz CT molecular complexity index is 291. The highest BCUT2D eigenvalue weighted by atomic mass is 35.5. The smallest absolute Gasteiger partial charge is 0.207 e. The predicted octanol–water partition coefficient (Wildman–Crippen LogP) is 1.85. The molecule has 1 aromatic carbocycles. The van der Waals surface area contributed by atoms with Gasteiger partial charge in [-0.05, 0) is 24.6 Å². The van der Waals surface area contributed by atoms with E-state index in [0.717, 1.165) is 12.2 Å². The summed E-state index contributed by atoms with van der Waals surface area (Å²) < 4.78 is 5.39. The van der Waals surface area contributed by atoms with Crippen LogP contribution in [-0.4, -0.2) is 19.6 Å². The summed E-state index contributed by atoms with van der Waals surface area (Å²) in [6.45, 7) is 1.20. The molecule has 0 aliphatic heterocycles. The summed E-state index contributed by atoms with van der Waals surface area (Å²) in [4.78, 5) is 9.91. The lowest BCUT2D eigenvalue weighted by Crippen LogP contribution is -2.14. The molecule has 1 aromatic rings. The van der Waals surface area contributed by atoms with Crippen LogP contribution < -0.4 is 10.1 Å². The van der Waals surface area contributed by atoms with Crippen LogP contribution in [-0.2, 0) is 4.79 Å². The number of amides is 1. The average molecular weight is 214 g/mol. The molecule has 0 saturated heterocycles. The molecule has 0 radical (unpaired) electrons. The molecule has 1 amide bonds. The number of carbonyl (C=O) groups is 1. The first-order valence-electron chi connectivity index (χ1n) is 4.38. The van der Waals surface area contributed by atoms with E-state index in [1.54, 1.807) is 12.1 Å². The predicted molar refractivity (Wildman–Crippen MR) is 55.6 cm³/mol. The van der Waals surface area contributed by atoms with Gasteiger partial charge in [-0.15, -0.1) is 0 Å². The van der Waals surface area contributed by atoms with Crippen LogP contribution in [0.2, 0.25) is 5.02 Å². The van der Waals surface area contributed by atoms with E-state index >= 15 is 0 Å². The normalized spacial score (nSPS) is 9.50. The molecule has 0 heterocycles. The number of halogens is 1. The standard InChI is InChI=1S/C10H12ClNO2/c11-9-3-1-4-10(7-9)14-6-2-5-12-8-13/h1,3-4,7-8H,2,5-6H2,(H,12,13). The Morgan fingerprint density at radius 2 is 2.36 bits per heavy atom. The fourth-order valence-electron chi connectivity index (χ4n) is 0.980. The van der Waals surface area contributed by atoms with E-state index in [2.05, 4.69) is 5.32 Å². The topological polar surface area (TPSA) is 38.3 Å². The SMILES string of the molecule is O=CNCCCOc1cccc(Cl)c1. The molecule has 0 saturated carbocycles. The molecule has 0 aliphatic carbocycles. The molecule has 0 bridgehead atoms. The average Bonchev–Trinajstić information content (AvgIpc) is 2.18. The molecule has 4 heteroatoms. The molecule has 3 nitrogen and oxygen atoms in total. The van der Waals surface area contributed by atoms with Gasteiger partial charge >= 0.3 is 0 Å². The van der Waals surface area contributed by atoms with Gasteiger partial charge in [-0.2, -0.15) is 0 Å². The third-order valence-electron chi connectivity index (χ3n) is 1.61. The number of hydrogen-bond donors (Lipinski definition) is 1. The Labute approximate surface area is 88.0 Å². The van der Waals surface area contributed by atoms with Crippen LogP contribution in [0.4, 0.5) is 0 Å². The van der Waals surface area contributed by atoms with Gasteiger partial charge in [-0.1, -0.05) is 17.7 Å². The lowest BCUT2D eigenvalue weighted by atomic mass is 10.3. The summed E-state index contributed by atoms with van der Waals surface area (Å²) in [6.07, 6.45) is 1.46. The van der Waals surface area contributed by atoms with Crippen molar-refractivity contribution < 1.29 is 9.53 Å². The maximum Gasteiger partial charge on any atom is 0.207 e. The fraction of sp³-hybridized carbons (Fsp3) is 0.300. The minimum absolute atomic E-state index is 0.571. The van der Waals surface area contributed by atoms with Crippen LogP contribution in [0.1, 0.15) is 6.42 Å². The molecule has 0 aliphatic rings. The van der Waals surface area contributed by atoms with Gasteiger partial charge in [-0.25, -0.2) is 0 Å². The van der Waals surface area contributed by atoms with E-state index in [4.69, 9.17) is 16.3 Å². The summed E-state index contributed by atoms with van der Waals surface area (Å²) in [5.41, 5.74) is 0.